The first-order valence-corrected chi connectivity index (χ1v) is 7.46. The Morgan fingerprint density at radius 2 is 2.00 bits per heavy atom. The Kier molecular flexibility index (Phi) is 4.77. The molecule has 1 atom stereocenters. The topological polar surface area (TPSA) is 29.9 Å². The summed E-state index contributed by atoms with van der Waals surface area (Å²) in [5, 5.41) is 8.01. The van der Waals surface area contributed by atoms with Crippen molar-refractivity contribution in [3.05, 3.63) is 46.2 Å². The van der Waals surface area contributed by atoms with E-state index in [-0.39, 0.29) is 0 Å². The van der Waals surface area contributed by atoms with Crippen LogP contribution in [0.1, 0.15) is 37.6 Å². The fourth-order valence-electron chi connectivity index (χ4n) is 2.16. The predicted molar refractivity (Wildman–Crippen MR) is 82.7 cm³/mol. The third-order valence-electron chi connectivity index (χ3n) is 3.29. The van der Waals surface area contributed by atoms with Gasteiger partial charge in [0, 0.05) is 21.8 Å². The zero-order valence-corrected chi connectivity index (χ0v) is 13.2. The Bertz CT molecular complexity index is 531. The van der Waals surface area contributed by atoms with Crippen molar-refractivity contribution in [2.75, 3.05) is 6.54 Å². The molecule has 19 heavy (non-hydrogen) atoms. The molecule has 1 unspecified atom stereocenters. The Balaban J connectivity index is 2.25. The molecule has 4 heteroatoms. The highest BCUT2D eigenvalue weighted by molar-refractivity contribution is 9.10. The van der Waals surface area contributed by atoms with E-state index < -0.39 is 0 Å². The van der Waals surface area contributed by atoms with Crippen molar-refractivity contribution in [3.8, 4) is 5.69 Å². The highest BCUT2D eigenvalue weighted by atomic mass is 79.9. The molecular formula is C15H20BrN3. The van der Waals surface area contributed by atoms with Crippen LogP contribution in [0.15, 0.2) is 34.9 Å². The average Bonchev–Trinajstić information content (AvgIpc) is 2.79. The number of aromatic nitrogens is 2. The summed E-state index contributed by atoms with van der Waals surface area (Å²) in [5.74, 6) is 0. The lowest BCUT2D eigenvalue weighted by atomic mass is 10.1. The maximum Gasteiger partial charge on any atom is 0.0649 e. The quantitative estimate of drug-likeness (QED) is 0.901. The standard InChI is InChI=1S/C15H20BrN3/c1-4-9-17-11(2)15-10-18-19(12(15)3)14-7-5-13(16)6-8-14/h5-8,10-11,17H,4,9H2,1-3H3. The molecule has 0 amide bonds. The van der Waals surface area contributed by atoms with Gasteiger partial charge in [-0.05, 0) is 51.1 Å². The summed E-state index contributed by atoms with van der Waals surface area (Å²) in [6.07, 6.45) is 3.11. The second-order valence-corrected chi connectivity index (χ2v) is 5.67. The molecule has 0 aliphatic rings. The van der Waals surface area contributed by atoms with Gasteiger partial charge in [-0.2, -0.15) is 5.10 Å². The number of halogens is 1. The molecule has 0 radical (unpaired) electrons. The maximum absolute atomic E-state index is 4.51. The van der Waals surface area contributed by atoms with Crippen molar-refractivity contribution in [3.63, 3.8) is 0 Å². The van der Waals surface area contributed by atoms with E-state index in [9.17, 15) is 0 Å². The van der Waals surface area contributed by atoms with Crippen LogP contribution in [0.5, 0.6) is 0 Å². The fraction of sp³-hybridized carbons (Fsp3) is 0.400. The highest BCUT2D eigenvalue weighted by Gasteiger charge is 2.13. The first-order chi connectivity index (χ1) is 9.13. The van der Waals surface area contributed by atoms with Gasteiger partial charge in [-0.25, -0.2) is 4.68 Å². The summed E-state index contributed by atoms with van der Waals surface area (Å²) in [6, 6.07) is 8.55. The molecule has 0 saturated heterocycles. The highest BCUT2D eigenvalue weighted by Crippen LogP contribution is 2.21. The van der Waals surface area contributed by atoms with E-state index >= 15 is 0 Å². The maximum atomic E-state index is 4.51. The second-order valence-electron chi connectivity index (χ2n) is 4.75. The Morgan fingerprint density at radius 1 is 1.32 bits per heavy atom. The summed E-state index contributed by atoms with van der Waals surface area (Å²) in [4.78, 5) is 0. The van der Waals surface area contributed by atoms with Crippen molar-refractivity contribution in [2.45, 2.75) is 33.2 Å². The molecule has 0 aliphatic carbocycles. The van der Waals surface area contributed by atoms with Crippen LogP contribution >= 0.6 is 15.9 Å². The van der Waals surface area contributed by atoms with Crippen molar-refractivity contribution in [1.82, 2.24) is 15.1 Å². The minimum absolute atomic E-state index is 0.337. The first kappa shape index (κ1) is 14.3. The van der Waals surface area contributed by atoms with E-state index in [1.165, 1.54) is 11.3 Å². The summed E-state index contributed by atoms with van der Waals surface area (Å²) in [7, 11) is 0. The molecule has 2 rings (SSSR count). The van der Waals surface area contributed by atoms with Crippen LogP contribution in [0.4, 0.5) is 0 Å². The van der Waals surface area contributed by atoms with E-state index in [4.69, 9.17) is 0 Å². The summed E-state index contributed by atoms with van der Waals surface area (Å²) in [5.41, 5.74) is 3.55. The third kappa shape index (κ3) is 3.25. The van der Waals surface area contributed by atoms with Crippen LogP contribution in [0, 0.1) is 6.92 Å². The lowest BCUT2D eigenvalue weighted by molar-refractivity contribution is 0.568. The number of hydrogen-bond donors (Lipinski definition) is 1. The monoisotopic (exact) mass is 321 g/mol. The van der Waals surface area contributed by atoms with Crippen LogP contribution in [0.2, 0.25) is 0 Å². The summed E-state index contributed by atoms with van der Waals surface area (Å²) in [6.45, 7) is 7.52. The average molecular weight is 322 g/mol. The number of rotatable bonds is 5. The normalized spacial score (nSPS) is 12.6. The Hall–Kier alpha value is -1.13. The van der Waals surface area contributed by atoms with Gasteiger partial charge >= 0.3 is 0 Å². The summed E-state index contributed by atoms with van der Waals surface area (Å²) < 4.78 is 3.07. The van der Waals surface area contributed by atoms with Crippen LogP contribution in [0.25, 0.3) is 5.69 Å². The molecule has 0 saturated carbocycles. The van der Waals surface area contributed by atoms with E-state index in [0.29, 0.717) is 6.04 Å². The van der Waals surface area contributed by atoms with Crippen molar-refractivity contribution in [1.29, 1.82) is 0 Å². The molecule has 0 fully saturated rings. The van der Waals surface area contributed by atoms with Gasteiger partial charge in [-0.3, -0.25) is 0 Å². The fourth-order valence-corrected chi connectivity index (χ4v) is 2.43. The molecular weight excluding hydrogens is 302 g/mol. The smallest absolute Gasteiger partial charge is 0.0649 e. The van der Waals surface area contributed by atoms with Gasteiger partial charge in [0.2, 0.25) is 0 Å². The number of benzene rings is 1. The molecule has 1 heterocycles. The largest absolute Gasteiger partial charge is 0.310 e. The molecule has 1 aromatic heterocycles. The van der Waals surface area contributed by atoms with Gasteiger partial charge in [-0.15, -0.1) is 0 Å². The molecule has 2 aromatic rings. The van der Waals surface area contributed by atoms with Crippen LogP contribution in [0.3, 0.4) is 0 Å². The number of nitrogens with one attached hydrogen (secondary N) is 1. The lowest BCUT2D eigenvalue weighted by Crippen LogP contribution is -2.19. The van der Waals surface area contributed by atoms with Gasteiger partial charge in [0.1, 0.15) is 0 Å². The zero-order valence-electron chi connectivity index (χ0n) is 11.7. The van der Waals surface area contributed by atoms with Crippen molar-refractivity contribution in [2.24, 2.45) is 0 Å². The first-order valence-electron chi connectivity index (χ1n) is 6.67. The molecule has 1 aromatic carbocycles. The van der Waals surface area contributed by atoms with Crippen molar-refractivity contribution >= 4 is 15.9 Å². The van der Waals surface area contributed by atoms with Crippen LogP contribution < -0.4 is 5.32 Å². The molecule has 3 nitrogen and oxygen atoms in total. The van der Waals surface area contributed by atoms with Crippen LogP contribution in [-0.4, -0.2) is 16.3 Å². The van der Waals surface area contributed by atoms with E-state index in [0.717, 1.165) is 23.1 Å². The second kappa shape index (κ2) is 6.35. The zero-order chi connectivity index (χ0) is 13.8. The van der Waals surface area contributed by atoms with Crippen LogP contribution in [-0.2, 0) is 0 Å². The van der Waals surface area contributed by atoms with Crippen molar-refractivity contribution < 1.29 is 0 Å². The Labute approximate surface area is 123 Å². The van der Waals surface area contributed by atoms with Gasteiger partial charge < -0.3 is 5.32 Å². The molecule has 102 valence electrons. The minimum Gasteiger partial charge on any atom is -0.310 e. The SMILES string of the molecule is CCCNC(C)c1cnn(-c2ccc(Br)cc2)c1C. The molecule has 0 aliphatic heterocycles. The number of hydrogen-bond acceptors (Lipinski definition) is 2. The number of nitrogens with zero attached hydrogens (tertiary/aromatic N) is 2. The summed E-state index contributed by atoms with van der Waals surface area (Å²) >= 11 is 3.45. The van der Waals surface area contributed by atoms with Gasteiger partial charge in [0.05, 0.1) is 11.9 Å². The van der Waals surface area contributed by atoms with E-state index in [1.807, 2.05) is 23.0 Å². The molecule has 1 N–H and O–H groups in total. The van der Waals surface area contributed by atoms with Gasteiger partial charge in [0.15, 0.2) is 0 Å². The molecule has 0 spiro atoms. The molecule has 0 bridgehead atoms. The van der Waals surface area contributed by atoms with E-state index in [1.54, 1.807) is 0 Å². The van der Waals surface area contributed by atoms with Gasteiger partial charge in [0.25, 0.3) is 0 Å². The lowest BCUT2D eigenvalue weighted by Gasteiger charge is -2.13. The van der Waals surface area contributed by atoms with E-state index in [2.05, 4.69) is 59.2 Å². The minimum atomic E-state index is 0.337. The third-order valence-corrected chi connectivity index (χ3v) is 3.81. The predicted octanol–water partition coefficient (Wildman–Crippen LogP) is 4.00. The van der Waals surface area contributed by atoms with Gasteiger partial charge in [-0.1, -0.05) is 22.9 Å². The Morgan fingerprint density at radius 3 is 2.63 bits per heavy atom.